The Labute approximate surface area is 179 Å². The van der Waals surface area contributed by atoms with E-state index in [1.165, 1.54) is 6.92 Å². The fraction of sp³-hybridized carbons (Fsp3) is 0.261. The van der Waals surface area contributed by atoms with Crippen molar-refractivity contribution in [2.75, 3.05) is 0 Å². The molecule has 0 radical (unpaired) electrons. The van der Waals surface area contributed by atoms with Crippen molar-refractivity contribution >= 4 is 33.6 Å². The van der Waals surface area contributed by atoms with Crippen molar-refractivity contribution in [3.8, 4) is 0 Å². The molecule has 2 aromatic carbocycles. The van der Waals surface area contributed by atoms with Crippen LogP contribution in [0, 0.1) is 5.92 Å². The molecule has 0 aromatic heterocycles. The molecular formula is C23H24BrNO4. The first kappa shape index (κ1) is 22.6. The van der Waals surface area contributed by atoms with E-state index in [1.54, 1.807) is 68.4 Å². The van der Waals surface area contributed by atoms with Gasteiger partial charge in [0, 0.05) is 16.0 Å². The van der Waals surface area contributed by atoms with Crippen LogP contribution in [0.5, 0.6) is 0 Å². The molecule has 0 aliphatic heterocycles. The van der Waals surface area contributed by atoms with Crippen LogP contribution in [0.2, 0.25) is 0 Å². The Morgan fingerprint density at radius 1 is 1.03 bits per heavy atom. The third-order valence-corrected chi connectivity index (χ3v) is 5.61. The molecule has 0 aliphatic carbocycles. The second-order valence-electron chi connectivity index (χ2n) is 7.22. The second-order valence-corrected chi connectivity index (χ2v) is 8.13. The van der Waals surface area contributed by atoms with E-state index in [9.17, 15) is 19.5 Å². The quantitative estimate of drug-likeness (QED) is 0.567. The minimum Gasteiger partial charge on any atom is -0.479 e. The van der Waals surface area contributed by atoms with Crippen LogP contribution in [0.3, 0.4) is 0 Å². The average molecular weight is 458 g/mol. The molecule has 6 heteroatoms. The molecule has 152 valence electrons. The molecular weight excluding hydrogens is 434 g/mol. The lowest BCUT2D eigenvalue weighted by Crippen LogP contribution is -2.62. The lowest BCUT2D eigenvalue weighted by Gasteiger charge is -2.42. The molecule has 0 unspecified atom stereocenters. The minimum atomic E-state index is -1.77. The first-order chi connectivity index (χ1) is 13.6. The summed E-state index contributed by atoms with van der Waals surface area (Å²) in [6, 6.07) is 15.4. The number of carbonyl (C=O) groups excluding carboxylic acids is 2. The van der Waals surface area contributed by atoms with Crippen LogP contribution < -0.4 is 5.32 Å². The Balaban J connectivity index is 2.69. The predicted octanol–water partition coefficient (Wildman–Crippen LogP) is 4.59. The van der Waals surface area contributed by atoms with Gasteiger partial charge in [-0.15, -0.1) is 0 Å². The monoisotopic (exact) mass is 457 g/mol. The summed E-state index contributed by atoms with van der Waals surface area (Å²) in [5.74, 6) is -3.58. The molecule has 0 bridgehead atoms. The maximum atomic E-state index is 13.0. The van der Waals surface area contributed by atoms with E-state index in [-0.39, 0.29) is 11.4 Å². The van der Waals surface area contributed by atoms with Crippen molar-refractivity contribution in [1.82, 2.24) is 5.32 Å². The molecule has 2 aromatic rings. The van der Waals surface area contributed by atoms with Crippen molar-refractivity contribution < 1.29 is 19.5 Å². The number of nitrogens with one attached hydrogen (secondary N) is 1. The summed E-state index contributed by atoms with van der Waals surface area (Å²) >= 11 is 3.36. The number of carboxylic acids is 1. The van der Waals surface area contributed by atoms with Gasteiger partial charge in [0.15, 0.2) is 11.3 Å². The van der Waals surface area contributed by atoms with Gasteiger partial charge >= 0.3 is 5.97 Å². The first-order valence-electron chi connectivity index (χ1n) is 9.17. The molecule has 0 saturated carbocycles. The highest BCUT2D eigenvalue weighted by Crippen LogP contribution is 2.40. The zero-order valence-electron chi connectivity index (χ0n) is 16.6. The van der Waals surface area contributed by atoms with E-state index in [0.29, 0.717) is 11.1 Å². The Bertz CT molecular complexity index is 922. The van der Waals surface area contributed by atoms with Crippen LogP contribution in [-0.4, -0.2) is 28.3 Å². The molecule has 1 amide bonds. The van der Waals surface area contributed by atoms with Gasteiger partial charge in [0.25, 0.3) is 5.91 Å². The normalized spacial score (nSPS) is 14.0. The molecule has 2 N–H and O–H groups in total. The number of carbonyl (C=O) groups is 3. The minimum absolute atomic E-state index is 0.122. The summed E-state index contributed by atoms with van der Waals surface area (Å²) in [5, 5.41) is 13.1. The number of rotatable bonds is 8. The van der Waals surface area contributed by atoms with E-state index >= 15 is 0 Å². The van der Waals surface area contributed by atoms with E-state index < -0.39 is 29.3 Å². The number of aliphatic carboxylic acids is 1. The number of Topliss-reactive ketones (excluding diaryl/α,β-unsaturated/α-hetero) is 1. The van der Waals surface area contributed by atoms with E-state index in [1.807, 2.05) is 0 Å². The summed E-state index contributed by atoms with van der Waals surface area (Å²) in [5.41, 5.74) is -0.736. The summed E-state index contributed by atoms with van der Waals surface area (Å²) in [4.78, 5) is 37.9. The zero-order valence-corrected chi connectivity index (χ0v) is 18.2. The van der Waals surface area contributed by atoms with Crippen LogP contribution >= 0.6 is 15.9 Å². The maximum Gasteiger partial charge on any atom is 0.330 e. The van der Waals surface area contributed by atoms with Crippen LogP contribution in [0.15, 0.2) is 71.2 Å². The summed E-state index contributed by atoms with van der Waals surface area (Å²) in [7, 11) is 0. The lowest BCUT2D eigenvalue weighted by molar-refractivity contribution is -0.147. The number of amides is 1. The van der Waals surface area contributed by atoms with Gasteiger partial charge in [-0.25, -0.2) is 4.79 Å². The van der Waals surface area contributed by atoms with Crippen molar-refractivity contribution in [3.05, 3.63) is 82.3 Å². The number of halogens is 1. The van der Waals surface area contributed by atoms with Gasteiger partial charge in [-0.1, -0.05) is 66.7 Å². The molecule has 2 rings (SSSR count). The van der Waals surface area contributed by atoms with Crippen LogP contribution in [0.25, 0.3) is 0 Å². The predicted molar refractivity (Wildman–Crippen MR) is 116 cm³/mol. The van der Waals surface area contributed by atoms with Gasteiger partial charge in [-0.3, -0.25) is 9.59 Å². The Kier molecular flexibility index (Phi) is 7.14. The van der Waals surface area contributed by atoms with Gasteiger partial charge in [0.2, 0.25) is 0 Å². The van der Waals surface area contributed by atoms with Crippen LogP contribution in [0.1, 0.15) is 42.6 Å². The molecule has 0 saturated heterocycles. The second kappa shape index (κ2) is 9.18. The summed E-state index contributed by atoms with van der Waals surface area (Å²) < 4.78 is 0.812. The lowest BCUT2D eigenvalue weighted by atomic mass is 9.68. The van der Waals surface area contributed by atoms with Crippen LogP contribution in [0.4, 0.5) is 0 Å². The molecule has 5 nitrogen and oxygen atoms in total. The van der Waals surface area contributed by atoms with E-state index in [0.717, 1.165) is 4.47 Å². The first-order valence-corrected chi connectivity index (χ1v) is 9.96. The fourth-order valence-corrected chi connectivity index (χ4v) is 3.69. The van der Waals surface area contributed by atoms with Crippen molar-refractivity contribution in [3.63, 3.8) is 0 Å². The van der Waals surface area contributed by atoms with Crippen LogP contribution in [-0.2, 0) is 9.59 Å². The summed E-state index contributed by atoms with van der Waals surface area (Å²) in [6.07, 6.45) is 0. The molecule has 0 aliphatic rings. The highest BCUT2D eigenvalue weighted by atomic mass is 79.9. The van der Waals surface area contributed by atoms with Gasteiger partial charge in [-0.2, -0.15) is 0 Å². The fourth-order valence-electron chi connectivity index (χ4n) is 3.42. The number of hydrogen-bond donors (Lipinski definition) is 2. The van der Waals surface area contributed by atoms with E-state index in [4.69, 9.17) is 0 Å². The number of benzene rings is 2. The number of hydrogen-bond acceptors (Lipinski definition) is 3. The molecule has 0 spiro atoms. The van der Waals surface area contributed by atoms with Gasteiger partial charge in [0.05, 0.1) is 0 Å². The topological polar surface area (TPSA) is 83.5 Å². The third kappa shape index (κ3) is 4.65. The average Bonchev–Trinajstić information content (AvgIpc) is 2.68. The van der Waals surface area contributed by atoms with Crippen molar-refractivity contribution in [2.24, 2.45) is 5.92 Å². The molecule has 0 heterocycles. The molecule has 2 atom stereocenters. The Morgan fingerprint density at radius 3 is 2.03 bits per heavy atom. The Morgan fingerprint density at radius 2 is 1.59 bits per heavy atom. The smallest absolute Gasteiger partial charge is 0.330 e. The maximum absolute atomic E-state index is 13.0. The molecule has 29 heavy (non-hydrogen) atoms. The van der Waals surface area contributed by atoms with E-state index in [2.05, 4.69) is 27.8 Å². The molecule has 0 fully saturated rings. The SMILES string of the molecule is C=C(C(C)=O)[C@@H](c1ccc(Br)cc1)[C@](NC(=O)c1ccccc1)(C(=O)O)C(C)C. The summed E-state index contributed by atoms with van der Waals surface area (Å²) in [6.45, 7) is 8.65. The highest BCUT2D eigenvalue weighted by Gasteiger charge is 2.52. The highest BCUT2D eigenvalue weighted by molar-refractivity contribution is 9.10. The van der Waals surface area contributed by atoms with Gasteiger partial charge < -0.3 is 10.4 Å². The standard InChI is InChI=1S/C23H24BrNO4/c1-14(2)23(22(28)29,25-21(27)18-8-6-5-7-9-18)20(15(3)16(4)26)17-10-12-19(24)13-11-17/h5-14,20H,3H2,1-2,4H3,(H,25,27)(H,28,29)/t20-,23-/m0/s1. The Hall–Kier alpha value is -2.73. The number of ketones is 1. The zero-order chi connectivity index (χ0) is 21.8. The number of carboxylic acid groups (broad SMARTS) is 1. The van der Waals surface area contributed by atoms with Crippen molar-refractivity contribution in [2.45, 2.75) is 32.2 Å². The van der Waals surface area contributed by atoms with Gasteiger partial charge in [0.1, 0.15) is 0 Å². The largest absolute Gasteiger partial charge is 0.479 e. The van der Waals surface area contributed by atoms with Crippen molar-refractivity contribution in [1.29, 1.82) is 0 Å². The van der Waals surface area contributed by atoms with Gasteiger partial charge in [-0.05, 0) is 48.2 Å². The third-order valence-electron chi connectivity index (χ3n) is 5.08.